The molecule has 6 heterocycles. The second-order valence-electron chi connectivity index (χ2n) is 18.7. The van der Waals surface area contributed by atoms with E-state index in [9.17, 15) is 0 Å². The van der Waals surface area contributed by atoms with Crippen molar-refractivity contribution < 1.29 is 9.47 Å². The van der Waals surface area contributed by atoms with Crippen LogP contribution in [0.15, 0.2) is 224 Å². The van der Waals surface area contributed by atoms with Crippen molar-refractivity contribution in [2.75, 3.05) is 0 Å². The van der Waals surface area contributed by atoms with Crippen molar-refractivity contribution in [1.29, 1.82) is 0 Å². The lowest BCUT2D eigenvalue weighted by atomic mass is 9.35. The van der Waals surface area contributed by atoms with Crippen molar-refractivity contribution in [2.45, 2.75) is 0 Å². The number of fused-ring (bicyclic) bond motifs is 14. The number of para-hydroxylation sites is 6. The first kappa shape index (κ1) is 39.2. The van der Waals surface area contributed by atoms with Crippen molar-refractivity contribution in [3.8, 4) is 63.1 Å². The fourth-order valence-corrected chi connectivity index (χ4v) is 11.8. The minimum Gasteiger partial charge on any atom is -0.458 e. The molecule has 2 aliphatic rings. The van der Waals surface area contributed by atoms with Gasteiger partial charge in [0.1, 0.15) is 23.0 Å². The Kier molecular flexibility index (Phi) is 8.10. The molecule has 0 saturated heterocycles. The summed E-state index contributed by atoms with van der Waals surface area (Å²) in [6, 6.07) is 78.8. The van der Waals surface area contributed by atoms with Crippen LogP contribution in [0.2, 0.25) is 0 Å². The lowest BCUT2D eigenvalue weighted by Crippen LogP contribution is -2.57. The highest BCUT2D eigenvalue weighted by molar-refractivity contribution is 6.98. The largest absolute Gasteiger partial charge is 0.458 e. The van der Waals surface area contributed by atoms with Gasteiger partial charge in [0.05, 0.1) is 38.8 Å². The Labute approximate surface area is 412 Å². The fraction of sp³-hybridized carbons (Fsp3) is 0. The van der Waals surface area contributed by atoms with Crippen molar-refractivity contribution in [3.63, 3.8) is 0 Å². The van der Waals surface area contributed by atoms with Gasteiger partial charge in [-0.1, -0.05) is 140 Å². The zero-order valence-corrected chi connectivity index (χ0v) is 38.4. The van der Waals surface area contributed by atoms with Gasteiger partial charge in [0.15, 0.2) is 11.6 Å². The first-order chi connectivity index (χ1) is 35.7. The van der Waals surface area contributed by atoms with Crippen LogP contribution in [0.3, 0.4) is 0 Å². The molecular weight excluding hydrogens is 884 g/mol. The molecule has 334 valence electrons. The molecule has 0 aliphatic carbocycles. The Bertz CT molecular complexity index is 4530. The van der Waals surface area contributed by atoms with Gasteiger partial charge >= 0.3 is 0 Å². The van der Waals surface area contributed by atoms with Crippen molar-refractivity contribution in [1.82, 2.24) is 28.7 Å². The van der Waals surface area contributed by atoms with E-state index in [-0.39, 0.29) is 6.71 Å². The Morgan fingerprint density at radius 3 is 1.44 bits per heavy atom. The van der Waals surface area contributed by atoms with E-state index in [2.05, 4.69) is 208 Å². The predicted octanol–water partition coefficient (Wildman–Crippen LogP) is 13.2. The van der Waals surface area contributed by atoms with Gasteiger partial charge in [-0.2, -0.15) is 9.97 Å². The molecule has 0 fully saturated rings. The summed E-state index contributed by atoms with van der Waals surface area (Å²) in [6.07, 6.45) is 0. The molecular formula is C63H37BN6O2. The van der Waals surface area contributed by atoms with Gasteiger partial charge in [-0.05, 0) is 83.7 Å². The van der Waals surface area contributed by atoms with Crippen LogP contribution in [-0.2, 0) is 0 Å². The average molecular weight is 921 g/mol. The van der Waals surface area contributed by atoms with E-state index in [4.69, 9.17) is 24.4 Å². The van der Waals surface area contributed by atoms with E-state index in [1.165, 1.54) is 10.8 Å². The number of benzene rings is 10. The SMILES string of the molecule is c1ccc(-c2nc(-c3ccc4c(c3)c3ccccc3n4-c3cc4c5c(c3)Oc3ccccc3B5c3ccccc3O4)nc(-n3c4ccccc4c4c5c6ccccc6n(-c6ccccc6)c5ccc43)n2)cc1. The summed E-state index contributed by atoms with van der Waals surface area (Å²) >= 11 is 0. The molecule has 14 aromatic rings. The summed E-state index contributed by atoms with van der Waals surface area (Å²) in [7, 11) is 0. The summed E-state index contributed by atoms with van der Waals surface area (Å²) in [4.78, 5) is 16.0. The third kappa shape index (κ3) is 5.55. The monoisotopic (exact) mass is 920 g/mol. The third-order valence-electron chi connectivity index (χ3n) is 14.8. The average Bonchev–Trinajstić information content (AvgIpc) is 4.09. The Morgan fingerprint density at radius 2 is 0.792 bits per heavy atom. The molecule has 0 N–H and O–H groups in total. The van der Waals surface area contributed by atoms with Crippen molar-refractivity contribution in [3.05, 3.63) is 224 Å². The minimum absolute atomic E-state index is 0.00395. The third-order valence-corrected chi connectivity index (χ3v) is 14.8. The summed E-state index contributed by atoms with van der Waals surface area (Å²) < 4.78 is 20.4. The van der Waals surface area contributed by atoms with E-state index < -0.39 is 0 Å². The summed E-state index contributed by atoms with van der Waals surface area (Å²) in [5, 5.41) is 6.84. The maximum Gasteiger partial charge on any atom is 0.260 e. The summed E-state index contributed by atoms with van der Waals surface area (Å²) in [5.74, 6) is 5.02. The Morgan fingerprint density at radius 1 is 0.319 bits per heavy atom. The zero-order valence-electron chi connectivity index (χ0n) is 38.4. The van der Waals surface area contributed by atoms with Gasteiger partial charge in [0.25, 0.3) is 6.71 Å². The van der Waals surface area contributed by atoms with Crippen LogP contribution in [0.4, 0.5) is 0 Å². The van der Waals surface area contributed by atoms with E-state index in [0.717, 1.165) is 117 Å². The molecule has 0 unspecified atom stereocenters. The number of nitrogens with zero attached hydrogens (tertiary/aromatic N) is 6. The topological polar surface area (TPSA) is 71.9 Å². The van der Waals surface area contributed by atoms with E-state index in [0.29, 0.717) is 17.6 Å². The van der Waals surface area contributed by atoms with Gasteiger partial charge in [0, 0.05) is 66.7 Å². The molecule has 0 spiro atoms. The highest BCUT2D eigenvalue weighted by atomic mass is 16.5. The molecule has 0 amide bonds. The molecule has 16 rings (SSSR count). The van der Waals surface area contributed by atoms with Gasteiger partial charge < -0.3 is 18.6 Å². The summed E-state index contributed by atoms with van der Waals surface area (Å²) in [5.41, 5.74) is 13.6. The van der Waals surface area contributed by atoms with Crippen molar-refractivity contribution >= 4 is 88.5 Å². The smallest absolute Gasteiger partial charge is 0.260 e. The first-order valence-corrected chi connectivity index (χ1v) is 24.3. The quantitative estimate of drug-likeness (QED) is 0.161. The molecule has 9 heteroatoms. The van der Waals surface area contributed by atoms with Crippen LogP contribution < -0.4 is 25.9 Å². The van der Waals surface area contributed by atoms with E-state index >= 15 is 0 Å². The van der Waals surface area contributed by atoms with Gasteiger partial charge in [-0.25, -0.2) is 4.98 Å². The normalized spacial score (nSPS) is 12.6. The maximum atomic E-state index is 6.76. The molecule has 10 aromatic carbocycles. The molecule has 4 aromatic heterocycles. The lowest BCUT2D eigenvalue weighted by Gasteiger charge is -2.33. The van der Waals surface area contributed by atoms with Gasteiger partial charge in [0.2, 0.25) is 5.95 Å². The summed E-state index contributed by atoms with van der Waals surface area (Å²) in [6.45, 7) is -0.00395. The Balaban J connectivity index is 0.903. The number of hydrogen-bond acceptors (Lipinski definition) is 5. The molecule has 0 atom stereocenters. The molecule has 0 radical (unpaired) electrons. The van der Waals surface area contributed by atoms with Crippen LogP contribution in [-0.4, -0.2) is 35.4 Å². The molecule has 72 heavy (non-hydrogen) atoms. The highest BCUT2D eigenvalue weighted by Crippen LogP contribution is 2.44. The van der Waals surface area contributed by atoms with Crippen LogP contribution >= 0.6 is 0 Å². The zero-order chi connectivity index (χ0) is 47.0. The van der Waals surface area contributed by atoms with Gasteiger partial charge in [-0.15, -0.1) is 0 Å². The first-order valence-electron chi connectivity index (χ1n) is 24.3. The van der Waals surface area contributed by atoms with Crippen molar-refractivity contribution in [2.24, 2.45) is 0 Å². The predicted molar refractivity (Wildman–Crippen MR) is 291 cm³/mol. The fourth-order valence-electron chi connectivity index (χ4n) is 11.8. The number of rotatable bonds is 5. The number of ether oxygens (including phenoxy) is 2. The second kappa shape index (κ2) is 14.9. The maximum absolute atomic E-state index is 6.76. The van der Waals surface area contributed by atoms with Crippen LogP contribution in [0.25, 0.3) is 106 Å². The van der Waals surface area contributed by atoms with Gasteiger partial charge in [-0.3, -0.25) is 4.57 Å². The number of aromatic nitrogens is 6. The lowest BCUT2D eigenvalue weighted by molar-refractivity contribution is 0.464. The second-order valence-corrected chi connectivity index (χ2v) is 18.7. The Hall–Kier alpha value is -9.73. The molecule has 8 nitrogen and oxygen atoms in total. The minimum atomic E-state index is -0.00395. The number of hydrogen-bond donors (Lipinski definition) is 0. The van der Waals surface area contributed by atoms with Crippen LogP contribution in [0, 0.1) is 0 Å². The molecule has 0 saturated carbocycles. The van der Waals surface area contributed by atoms with E-state index in [1.807, 2.05) is 30.3 Å². The van der Waals surface area contributed by atoms with Crippen LogP contribution in [0.1, 0.15) is 0 Å². The van der Waals surface area contributed by atoms with Crippen LogP contribution in [0.5, 0.6) is 23.0 Å². The standard InChI is InChI=1S/C63H37BN6O2/c1-3-17-38(18-4-1)61-65-62(67-63(66-61)70-50-28-14-9-23-44(50)59-53(70)34-33-52-58(59)43-22-8-13-27-49(43)68(52)40-19-5-2-6-20-40)39-31-32-51-45(35-39)42-21-7-12-26-48(42)69(51)41-36-56-60-57(37-41)72-55-30-16-11-25-47(55)64(60)46-24-10-15-29-54(46)71-56/h1-37H. The molecule has 2 aliphatic heterocycles. The van der Waals surface area contributed by atoms with E-state index in [1.54, 1.807) is 0 Å². The highest BCUT2D eigenvalue weighted by Gasteiger charge is 2.40. The molecule has 0 bridgehead atoms.